The van der Waals surface area contributed by atoms with Crippen molar-refractivity contribution >= 4 is 11.8 Å². The number of benzene rings is 1. The zero-order valence-corrected chi connectivity index (χ0v) is 7.91. The Kier molecular flexibility index (Phi) is 5.31. The van der Waals surface area contributed by atoms with Gasteiger partial charge in [0.15, 0.2) is 0 Å². The van der Waals surface area contributed by atoms with Crippen LogP contribution in [0.3, 0.4) is 0 Å². The van der Waals surface area contributed by atoms with Gasteiger partial charge in [-0.3, -0.25) is 10.1 Å². The topological polar surface area (TPSA) is 89.7 Å². The molecule has 0 spiro atoms. The number of rotatable bonds is 3. The summed E-state index contributed by atoms with van der Waals surface area (Å²) < 4.78 is 4.15. The first-order valence-corrected chi connectivity index (χ1v) is 3.57. The molecule has 0 atom stereocenters. The molecule has 1 aromatic carbocycles. The van der Waals surface area contributed by atoms with Crippen molar-refractivity contribution < 1.29 is 38.4 Å². The van der Waals surface area contributed by atoms with Crippen LogP contribution >= 0.6 is 0 Å². The van der Waals surface area contributed by atoms with E-state index in [-0.39, 0.29) is 24.5 Å². The van der Waals surface area contributed by atoms with Crippen molar-refractivity contribution in [3.05, 3.63) is 46.6 Å². The molecular formula is C8H6LiNO5. The summed E-state index contributed by atoms with van der Waals surface area (Å²) in [6.07, 6.45) is -1.43. The number of nitro groups is 1. The molecule has 6 nitrogen and oxygen atoms in total. The first-order valence-electron chi connectivity index (χ1n) is 3.57. The third-order valence-electron chi connectivity index (χ3n) is 1.40. The molecule has 0 aliphatic rings. The maximum Gasteiger partial charge on any atom is 1.00 e. The van der Waals surface area contributed by atoms with Crippen LogP contribution in [0.4, 0.5) is 10.5 Å². The summed E-state index contributed by atoms with van der Waals surface area (Å²) in [5, 5.41) is 18.4. The molecular weight excluding hydrogens is 197 g/mol. The first kappa shape index (κ1) is 13.4. The fourth-order valence-electron chi connectivity index (χ4n) is 0.793. The zero-order chi connectivity index (χ0) is 10.6. The molecule has 0 saturated carbocycles. The first-order chi connectivity index (χ1) is 6.59. The second kappa shape index (κ2) is 5.96. The molecule has 0 aromatic heterocycles. The average Bonchev–Trinajstić information content (AvgIpc) is 2.15. The number of non-ortho nitro benzene ring substituents is 1. The largest absolute Gasteiger partial charge is 1.00 e. The van der Waals surface area contributed by atoms with Crippen LogP contribution in [0.1, 0.15) is 5.56 Å². The van der Waals surface area contributed by atoms with E-state index in [1.807, 2.05) is 0 Å². The fourth-order valence-corrected chi connectivity index (χ4v) is 0.793. The van der Waals surface area contributed by atoms with Crippen molar-refractivity contribution in [1.29, 1.82) is 0 Å². The van der Waals surface area contributed by atoms with Crippen LogP contribution in [0.15, 0.2) is 24.3 Å². The predicted octanol–water partition coefficient (Wildman–Crippen LogP) is -1.20. The molecule has 7 heteroatoms. The Balaban J connectivity index is 0.00000196. The Morgan fingerprint density at radius 2 is 1.93 bits per heavy atom. The van der Waals surface area contributed by atoms with Gasteiger partial charge >= 0.3 is 25.0 Å². The summed E-state index contributed by atoms with van der Waals surface area (Å²) >= 11 is 0. The average molecular weight is 203 g/mol. The SMILES string of the molecule is O=C(O)O[CH-]c1ccc([N+](=O)[O-])cc1.[Li+]. The van der Waals surface area contributed by atoms with Crippen LogP contribution in [0, 0.1) is 16.7 Å². The van der Waals surface area contributed by atoms with Crippen molar-refractivity contribution in [3.63, 3.8) is 0 Å². The smallest absolute Gasteiger partial charge is 0.466 e. The molecule has 0 saturated heterocycles. The van der Waals surface area contributed by atoms with Gasteiger partial charge in [0.25, 0.3) is 0 Å². The molecule has 0 amide bonds. The van der Waals surface area contributed by atoms with Gasteiger partial charge in [-0.1, -0.05) is 0 Å². The van der Waals surface area contributed by atoms with Crippen LogP contribution in [0.25, 0.3) is 0 Å². The number of nitrogens with zero attached hydrogens (tertiary/aromatic N) is 1. The van der Waals surface area contributed by atoms with Crippen LogP contribution < -0.4 is 18.9 Å². The van der Waals surface area contributed by atoms with E-state index < -0.39 is 11.1 Å². The minimum Gasteiger partial charge on any atom is -0.466 e. The number of carbonyl (C=O) groups is 1. The third kappa shape index (κ3) is 4.40. The summed E-state index contributed by atoms with van der Waals surface area (Å²) in [6, 6.07) is 5.30. The van der Waals surface area contributed by atoms with Crippen LogP contribution in [-0.4, -0.2) is 16.2 Å². The van der Waals surface area contributed by atoms with Crippen LogP contribution in [0.2, 0.25) is 0 Å². The van der Waals surface area contributed by atoms with Gasteiger partial charge in [0, 0.05) is 0 Å². The summed E-state index contributed by atoms with van der Waals surface area (Å²) in [7, 11) is 0. The molecule has 0 radical (unpaired) electrons. The number of hydrogen-bond acceptors (Lipinski definition) is 4. The van der Waals surface area contributed by atoms with Gasteiger partial charge in [-0.15, -0.1) is 0 Å². The molecule has 0 unspecified atom stereocenters. The Bertz CT molecular complexity index is 351. The van der Waals surface area contributed by atoms with Gasteiger partial charge < -0.3 is 9.84 Å². The van der Waals surface area contributed by atoms with Crippen molar-refractivity contribution in [2.24, 2.45) is 0 Å². The minimum absolute atomic E-state index is 0. The predicted molar refractivity (Wildman–Crippen MR) is 45.6 cm³/mol. The normalized spacial score (nSPS) is 8.53. The standard InChI is InChI=1S/C8H6NO5.Li/c10-8(11)14-5-6-1-3-7(4-2-6)9(12)13;/h1-5H,(H,10,11);/q-1;+1. The van der Waals surface area contributed by atoms with Gasteiger partial charge in [0.1, 0.15) is 0 Å². The van der Waals surface area contributed by atoms with E-state index in [0.717, 1.165) is 6.61 Å². The van der Waals surface area contributed by atoms with Gasteiger partial charge in [-0.2, -0.15) is 17.7 Å². The van der Waals surface area contributed by atoms with Gasteiger partial charge in [-0.05, 0) is 18.7 Å². The summed E-state index contributed by atoms with van der Waals surface area (Å²) in [5.74, 6) is 0. The van der Waals surface area contributed by atoms with Gasteiger partial charge in [0.05, 0.1) is 4.92 Å². The summed E-state index contributed by atoms with van der Waals surface area (Å²) in [4.78, 5) is 19.7. The van der Waals surface area contributed by atoms with E-state index in [1.54, 1.807) is 0 Å². The quantitative estimate of drug-likeness (QED) is 0.219. The van der Waals surface area contributed by atoms with E-state index in [9.17, 15) is 14.9 Å². The maximum absolute atomic E-state index is 10.2. The monoisotopic (exact) mass is 203 g/mol. The zero-order valence-electron chi connectivity index (χ0n) is 7.91. The molecule has 1 rings (SSSR count). The van der Waals surface area contributed by atoms with Crippen LogP contribution in [0.5, 0.6) is 0 Å². The van der Waals surface area contributed by atoms with Crippen molar-refractivity contribution in [3.8, 4) is 0 Å². The Hall–Kier alpha value is -1.64. The number of carboxylic acid groups (broad SMARTS) is 1. The minimum atomic E-state index is -1.43. The Morgan fingerprint density at radius 1 is 1.40 bits per heavy atom. The molecule has 0 heterocycles. The van der Waals surface area contributed by atoms with Crippen LogP contribution in [-0.2, 0) is 4.74 Å². The maximum atomic E-state index is 10.2. The van der Waals surface area contributed by atoms with Crippen molar-refractivity contribution in [1.82, 2.24) is 0 Å². The van der Waals surface area contributed by atoms with Gasteiger partial charge in [0.2, 0.25) is 5.69 Å². The molecule has 0 bridgehead atoms. The molecule has 1 N–H and O–H groups in total. The molecule has 0 aliphatic heterocycles. The number of hydrogen-bond donors (Lipinski definition) is 1. The molecule has 15 heavy (non-hydrogen) atoms. The van der Waals surface area contributed by atoms with Gasteiger partial charge in [-0.25, -0.2) is 4.79 Å². The van der Waals surface area contributed by atoms with E-state index in [0.29, 0.717) is 5.56 Å². The fraction of sp³-hybridized carbons (Fsp3) is 0. The molecule has 1 aromatic rings. The molecule has 74 valence electrons. The third-order valence-corrected chi connectivity index (χ3v) is 1.40. The molecule has 0 fully saturated rings. The van der Waals surface area contributed by atoms with E-state index >= 15 is 0 Å². The second-order valence-electron chi connectivity index (χ2n) is 2.35. The number of ether oxygens (including phenoxy) is 1. The molecule has 0 aliphatic carbocycles. The summed E-state index contributed by atoms with van der Waals surface area (Å²) in [5.41, 5.74) is 0.385. The van der Waals surface area contributed by atoms with Crippen molar-refractivity contribution in [2.75, 3.05) is 0 Å². The number of nitro benzene ring substituents is 1. The van der Waals surface area contributed by atoms with E-state index in [4.69, 9.17) is 5.11 Å². The van der Waals surface area contributed by atoms with Crippen molar-refractivity contribution in [2.45, 2.75) is 0 Å². The van der Waals surface area contributed by atoms with E-state index in [1.165, 1.54) is 24.3 Å². The Labute approximate surface area is 97.2 Å². The Morgan fingerprint density at radius 3 is 2.33 bits per heavy atom. The second-order valence-corrected chi connectivity index (χ2v) is 2.35. The van der Waals surface area contributed by atoms with E-state index in [2.05, 4.69) is 4.74 Å². The summed E-state index contributed by atoms with van der Waals surface area (Å²) in [6.45, 7) is 0.992.